The van der Waals surface area contributed by atoms with Crippen LogP contribution in [0.5, 0.6) is 17.2 Å². The first-order valence-electron chi connectivity index (χ1n) is 11.3. The van der Waals surface area contributed by atoms with Crippen LogP contribution < -0.4 is 19.5 Å². The zero-order chi connectivity index (χ0) is 23.8. The summed E-state index contributed by atoms with van der Waals surface area (Å²) in [5, 5.41) is 2.99. The number of aromatic nitrogens is 2. The molecule has 0 atom stereocenters. The van der Waals surface area contributed by atoms with Crippen LogP contribution in [0, 0.1) is 0 Å². The third kappa shape index (κ3) is 5.49. The number of nitrogens with zero attached hydrogens (tertiary/aromatic N) is 2. The highest BCUT2D eigenvalue weighted by Crippen LogP contribution is 2.26. The highest BCUT2D eigenvalue weighted by Gasteiger charge is 2.13. The van der Waals surface area contributed by atoms with Gasteiger partial charge in [0, 0.05) is 12.1 Å². The molecule has 0 aliphatic heterocycles. The second-order valence-corrected chi connectivity index (χ2v) is 7.79. The topological polar surface area (TPSA) is 74.6 Å². The molecule has 34 heavy (non-hydrogen) atoms. The maximum absolute atomic E-state index is 12.6. The fraction of sp³-hybridized carbons (Fsp3) is 0.259. The molecule has 4 rings (SSSR count). The number of benzene rings is 3. The molecule has 0 aliphatic rings. The Morgan fingerprint density at radius 2 is 1.62 bits per heavy atom. The molecule has 1 N–H and O–H groups in total. The number of carbonyl (C=O) groups is 1. The number of unbranched alkanes of at least 4 members (excludes halogenated alkanes) is 1. The molecule has 0 radical (unpaired) electrons. The standard InChI is InChI=1S/C27H29N3O4/c1-32-21-15-13-20(14-16-21)27(31)28-19-26-29-22-9-3-4-10-23(22)30(26)17-7-8-18-34-25-12-6-5-11-24(25)33-2/h3-6,9-16H,7-8,17-19H2,1-2H3,(H,28,31). The Bertz CT molecular complexity index is 1230. The smallest absolute Gasteiger partial charge is 0.251 e. The van der Waals surface area contributed by atoms with E-state index in [4.69, 9.17) is 19.2 Å². The van der Waals surface area contributed by atoms with E-state index in [0.717, 1.165) is 47.7 Å². The van der Waals surface area contributed by atoms with Gasteiger partial charge in [-0.15, -0.1) is 0 Å². The summed E-state index contributed by atoms with van der Waals surface area (Å²) < 4.78 is 18.6. The molecule has 7 heteroatoms. The van der Waals surface area contributed by atoms with Gasteiger partial charge in [-0.2, -0.15) is 0 Å². The van der Waals surface area contributed by atoms with Crippen LogP contribution in [0.4, 0.5) is 0 Å². The van der Waals surface area contributed by atoms with Crippen LogP contribution in [0.25, 0.3) is 11.0 Å². The van der Waals surface area contributed by atoms with Crippen LogP contribution in [0.1, 0.15) is 29.0 Å². The summed E-state index contributed by atoms with van der Waals surface area (Å²) in [7, 11) is 3.24. The fourth-order valence-corrected chi connectivity index (χ4v) is 3.81. The van der Waals surface area contributed by atoms with Crippen molar-refractivity contribution >= 4 is 16.9 Å². The van der Waals surface area contributed by atoms with Crippen molar-refractivity contribution in [2.45, 2.75) is 25.9 Å². The number of amides is 1. The molecule has 1 aromatic heterocycles. The van der Waals surface area contributed by atoms with Gasteiger partial charge in [-0.1, -0.05) is 24.3 Å². The Labute approximate surface area is 199 Å². The van der Waals surface area contributed by atoms with Crippen molar-refractivity contribution in [3.8, 4) is 17.2 Å². The lowest BCUT2D eigenvalue weighted by atomic mass is 10.2. The predicted octanol–water partition coefficient (Wildman–Crippen LogP) is 4.84. The normalized spacial score (nSPS) is 10.8. The second kappa shape index (κ2) is 11.2. The van der Waals surface area contributed by atoms with Crippen LogP contribution in [0.2, 0.25) is 0 Å². The Balaban J connectivity index is 1.37. The van der Waals surface area contributed by atoms with Gasteiger partial charge in [-0.3, -0.25) is 4.79 Å². The first kappa shape index (κ1) is 23.2. The van der Waals surface area contributed by atoms with Crippen molar-refractivity contribution in [2.75, 3.05) is 20.8 Å². The number of hydrogen-bond acceptors (Lipinski definition) is 5. The number of para-hydroxylation sites is 4. The summed E-state index contributed by atoms with van der Waals surface area (Å²) in [6.07, 6.45) is 1.79. The van der Waals surface area contributed by atoms with Crippen molar-refractivity contribution in [2.24, 2.45) is 0 Å². The molecule has 7 nitrogen and oxygen atoms in total. The highest BCUT2D eigenvalue weighted by molar-refractivity contribution is 5.94. The predicted molar refractivity (Wildman–Crippen MR) is 132 cm³/mol. The number of rotatable bonds is 11. The molecule has 0 spiro atoms. The summed E-state index contributed by atoms with van der Waals surface area (Å²) in [6, 6.07) is 22.7. The van der Waals surface area contributed by atoms with E-state index in [2.05, 4.69) is 16.0 Å². The molecular weight excluding hydrogens is 430 g/mol. The van der Waals surface area contributed by atoms with E-state index in [0.29, 0.717) is 24.5 Å². The summed E-state index contributed by atoms with van der Waals surface area (Å²) >= 11 is 0. The van der Waals surface area contributed by atoms with Crippen LogP contribution in [-0.2, 0) is 13.1 Å². The average Bonchev–Trinajstić information content (AvgIpc) is 3.24. The fourth-order valence-electron chi connectivity index (χ4n) is 3.81. The molecule has 0 bridgehead atoms. The van der Waals surface area contributed by atoms with Crippen LogP contribution in [0.15, 0.2) is 72.8 Å². The molecule has 0 unspecified atom stereocenters. The van der Waals surface area contributed by atoms with Crippen molar-refractivity contribution in [3.63, 3.8) is 0 Å². The van der Waals surface area contributed by atoms with Crippen LogP contribution in [-0.4, -0.2) is 36.3 Å². The lowest BCUT2D eigenvalue weighted by Crippen LogP contribution is -2.24. The van der Waals surface area contributed by atoms with Gasteiger partial charge < -0.3 is 24.1 Å². The molecule has 176 valence electrons. The zero-order valence-corrected chi connectivity index (χ0v) is 19.5. The number of carbonyl (C=O) groups excluding carboxylic acids is 1. The molecule has 3 aromatic carbocycles. The van der Waals surface area contributed by atoms with E-state index >= 15 is 0 Å². The third-order valence-electron chi connectivity index (χ3n) is 5.60. The second-order valence-electron chi connectivity index (χ2n) is 7.79. The Morgan fingerprint density at radius 1 is 0.882 bits per heavy atom. The van der Waals surface area contributed by atoms with E-state index in [9.17, 15) is 4.79 Å². The van der Waals surface area contributed by atoms with Crippen molar-refractivity contribution in [1.29, 1.82) is 0 Å². The Hall–Kier alpha value is -4.00. The highest BCUT2D eigenvalue weighted by atomic mass is 16.5. The van der Waals surface area contributed by atoms with Gasteiger partial charge in [-0.05, 0) is 61.4 Å². The summed E-state index contributed by atoms with van der Waals surface area (Å²) in [5.74, 6) is 2.88. The maximum atomic E-state index is 12.6. The van der Waals surface area contributed by atoms with E-state index in [-0.39, 0.29) is 5.91 Å². The van der Waals surface area contributed by atoms with Crippen molar-refractivity contribution < 1.29 is 19.0 Å². The number of nitrogens with one attached hydrogen (secondary N) is 1. The van der Waals surface area contributed by atoms with Crippen LogP contribution in [0.3, 0.4) is 0 Å². The number of ether oxygens (including phenoxy) is 3. The monoisotopic (exact) mass is 459 g/mol. The Kier molecular flexibility index (Phi) is 7.65. The minimum atomic E-state index is -0.147. The van der Waals surface area contributed by atoms with Crippen molar-refractivity contribution in [3.05, 3.63) is 84.2 Å². The molecule has 0 fully saturated rings. The van der Waals surface area contributed by atoms with Gasteiger partial charge in [0.2, 0.25) is 0 Å². The lowest BCUT2D eigenvalue weighted by molar-refractivity contribution is 0.0949. The van der Waals surface area contributed by atoms with Crippen molar-refractivity contribution in [1.82, 2.24) is 14.9 Å². The number of hydrogen-bond donors (Lipinski definition) is 1. The molecule has 0 saturated heterocycles. The zero-order valence-electron chi connectivity index (χ0n) is 19.5. The minimum absolute atomic E-state index is 0.147. The molecular formula is C27H29N3O4. The van der Waals surface area contributed by atoms with E-state index in [1.165, 1.54) is 0 Å². The van der Waals surface area contributed by atoms with E-state index < -0.39 is 0 Å². The molecule has 1 amide bonds. The van der Waals surface area contributed by atoms with Gasteiger partial charge >= 0.3 is 0 Å². The Morgan fingerprint density at radius 3 is 2.38 bits per heavy atom. The summed E-state index contributed by atoms with van der Waals surface area (Å²) in [5.41, 5.74) is 2.56. The molecule has 0 aliphatic carbocycles. The maximum Gasteiger partial charge on any atom is 0.251 e. The third-order valence-corrected chi connectivity index (χ3v) is 5.60. The first-order chi connectivity index (χ1) is 16.7. The van der Waals surface area contributed by atoms with Gasteiger partial charge in [-0.25, -0.2) is 4.98 Å². The number of fused-ring (bicyclic) bond motifs is 1. The summed E-state index contributed by atoms with van der Waals surface area (Å²) in [4.78, 5) is 17.4. The lowest BCUT2D eigenvalue weighted by Gasteiger charge is -2.12. The molecule has 1 heterocycles. The van der Waals surface area contributed by atoms with Crippen LogP contribution >= 0.6 is 0 Å². The van der Waals surface area contributed by atoms with E-state index in [1.807, 2.05) is 42.5 Å². The first-order valence-corrected chi connectivity index (χ1v) is 11.3. The largest absolute Gasteiger partial charge is 0.497 e. The average molecular weight is 460 g/mol. The number of imidazole rings is 1. The van der Waals surface area contributed by atoms with Gasteiger partial charge in [0.1, 0.15) is 11.6 Å². The van der Waals surface area contributed by atoms with Gasteiger partial charge in [0.15, 0.2) is 11.5 Å². The number of aryl methyl sites for hydroxylation is 1. The molecule has 4 aromatic rings. The minimum Gasteiger partial charge on any atom is -0.497 e. The quantitative estimate of drug-likeness (QED) is 0.325. The molecule has 0 saturated carbocycles. The van der Waals surface area contributed by atoms with Gasteiger partial charge in [0.05, 0.1) is 38.4 Å². The number of methoxy groups -OCH3 is 2. The SMILES string of the molecule is COc1ccc(C(=O)NCc2nc3ccccc3n2CCCCOc2ccccc2OC)cc1. The summed E-state index contributed by atoms with van der Waals surface area (Å²) in [6.45, 7) is 1.72. The van der Waals surface area contributed by atoms with Gasteiger partial charge in [0.25, 0.3) is 5.91 Å². The van der Waals surface area contributed by atoms with E-state index in [1.54, 1.807) is 38.5 Å².